The summed E-state index contributed by atoms with van der Waals surface area (Å²) in [5, 5.41) is 0. The molecular weight excluding hydrogens is 148 g/mol. The monoisotopic (exact) mass is 163 g/mol. The zero-order valence-corrected chi connectivity index (χ0v) is 7.92. The van der Waals surface area contributed by atoms with E-state index >= 15 is 0 Å². The Labute approximate surface area is 74.4 Å². The molecule has 1 radical (unpaired) electrons. The molecule has 0 aromatic heterocycles. The van der Waals surface area contributed by atoms with Crippen molar-refractivity contribution in [2.24, 2.45) is 0 Å². The average Bonchev–Trinajstić information content (AvgIpc) is 2.17. The molecule has 1 unspecified atom stereocenters. The van der Waals surface area contributed by atoms with Crippen LogP contribution in [0.1, 0.15) is 31.7 Å². The van der Waals surface area contributed by atoms with Gasteiger partial charge in [-0.3, -0.25) is 0 Å². The molecule has 0 aliphatic rings. The second-order valence-corrected chi connectivity index (χ2v) is 2.99. The van der Waals surface area contributed by atoms with Gasteiger partial charge in [-0.1, -0.05) is 19.9 Å². The van der Waals surface area contributed by atoms with Crippen molar-refractivity contribution in [1.82, 2.24) is 0 Å². The highest BCUT2D eigenvalue weighted by molar-refractivity contribution is 5.29. The van der Waals surface area contributed by atoms with Crippen molar-refractivity contribution in [3.8, 4) is 5.75 Å². The third-order valence-corrected chi connectivity index (χ3v) is 2.17. The molecule has 1 nitrogen and oxygen atoms in total. The van der Waals surface area contributed by atoms with E-state index in [9.17, 15) is 0 Å². The van der Waals surface area contributed by atoms with Crippen LogP contribution in [0.3, 0.4) is 0 Å². The van der Waals surface area contributed by atoms with Gasteiger partial charge in [0.15, 0.2) is 0 Å². The van der Waals surface area contributed by atoms with Crippen LogP contribution in [0, 0.1) is 6.07 Å². The highest BCUT2D eigenvalue weighted by atomic mass is 16.5. The van der Waals surface area contributed by atoms with Crippen LogP contribution in [0.25, 0.3) is 0 Å². The van der Waals surface area contributed by atoms with E-state index in [1.165, 1.54) is 5.56 Å². The van der Waals surface area contributed by atoms with Gasteiger partial charge in [0.05, 0.1) is 7.11 Å². The second kappa shape index (κ2) is 4.15. The summed E-state index contributed by atoms with van der Waals surface area (Å²) in [4.78, 5) is 0. The maximum atomic E-state index is 5.13. The number of rotatable bonds is 3. The molecule has 65 valence electrons. The maximum absolute atomic E-state index is 5.13. The molecule has 1 aromatic rings. The standard InChI is InChI=1S/C11H15O/c1-4-9(2)10-6-5-7-11(8-10)12-3/h5,7-9H,4H2,1-3H3. The summed E-state index contributed by atoms with van der Waals surface area (Å²) in [6.45, 7) is 4.38. The zero-order chi connectivity index (χ0) is 8.97. The first kappa shape index (κ1) is 9.11. The normalized spacial score (nSPS) is 12.6. The lowest BCUT2D eigenvalue weighted by Gasteiger charge is -2.09. The predicted octanol–water partition coefficient (Wildman–Crippen LogP) is 3.01. The van der Waals surface area contributed by atoms with E-state index in [-0.39, 0.29) is 0 Å². The van der Waals surface area contributed by atoms with Gasteiger partial charge in [-0.25, -0.2) is 0 Å². The molecule has 1 aromatic carbocycles. The fourth-order valence-corrected chi connectivity index (χ4v) is 1.09. The predicted molar refractivity (Wildman–Crippen MR) is 50.5 cm³/mol. The molecule has 12 heavy (non-hydrogen) atoms. The molecule has 0 amide bonds. The van der Waals surface area contributed by atoms with Gasteiger partial charge in [0, 0.05) is 0 Å². The van der Waals surface area contributed by atoms with Gasteiger partial charge in [0.1, 0.15) is 5.75 Å². The number of benzene rings is 1. The molecule has 1 atom stereocenters. The van der Waals surface area contributed by atoms with Gasteiger partial charge in [-0.05, 0) is 36.1 Å². The van der Waals surface area contributed by atoms with E-state index in [1.807, 2.05) is 18.2 Å². The van der Waals surface area contributed by atoms with Gasteiger partial charge in [0.25, 0.3) is 0 Å². The number of ether oxygens (including phenoxy) is 1. The Bertz CT molecular complexity index is 243. The van der Waals surface area contributed by atoms with E-state index in [4.69, 9.17) is 4.74 Å². The Kier molecular flexibility index (Phi) is 3.15. The van der Waals surface area contributed by atoms with Crippen LogP contribution < -0.4 is 4.74 Å². The minimum Gasteiger partial charge on any atom is -0.497 e. The van der Waals surface area contributed by atoms with Crippen LogP contribution >= 0.6 is 0 Å². The van der Waals surface area contributed by atoms with Gasteiger partial charge < -0.3 is 4.74 Å². The summed E-state index contributed by atoms with van der Waals surface area (Å²) < 4.78 is 5.13. The third kappa shape index (κ3) is 2.00. The zero-order valence-electron chi connectivity index (χ0n) is 7.92. The first-order valence-electron chi connectivity index (χ1n) is 4.33. The van der Waals surface area contributed by atoms with E-state index in [0.717, 1.165) is 12.2 Å². The summed E-state index contributed by atoms with van der Waals surface area (Å²) in [6.07, 6.45) is 1.14. The molecule has 1 rings (SSSR count). The van der Waals surface area contributed by atoms with Crippen LogP contribution in [-0.2, 0) is 0 Å². The van der Waals surface area contributed by atoms with Crippen molar-refractivity contribution in [2.75, 3.05) is 7.11 Å². The van der Waals surface area contributed by atoms with Gasteiger partial charge >= 0.3 is 0 Å². The van der Waals surface area contributed by atoms with Crippen LogP contribution in [0.15, 0.2) is 18.2 Å². The van der Waals surface area contributed by atoms with Crippen molar-refractivity contribution in [1.29, 1.82) is 0 Å². The molecule has 0 aliphatic carbocycles. The molecule has 0 spiro atoms. The van der Waals surface area contributed by atoms with Crippen LogP contribution in [0.4, 0.5) is 0 Å². The van der Waals surface area contributed by atoms with E-state index in [2.05, 4.69) is 19.9 Å². The lowest BCUT2D eigenvalue weighted by Crippen LogP contribution is -1.92. The Morgan fingerprint density at radius 1 is 1.58 bits per heavy atom. The first-order chi connectivity index (χ1) is 5.77. The summed E-state index contributed by atoms with van der Waals surface area (Å²) in [6, 6.07) is 9.10. The number of hydrogen-bond acceptors (Lipinski definition) is 1. The fraction of sp³-hybridized carbons (Fsp3) is 0.455. The Hall–Kier alpha value is -0.980. The number of methoxy groups -OCH3 is 1. The van der Waals surface area contributed by atoms with Crippen molar-refractivity contribution >= 4 is 0 Å². The first-order valence-corrected chi connectivity index (χ1v) is 4.33. The molecule has 0 aliphatic heterocycles. The van der Waals surface area contributed by atoms with Crippen LogP contribution in [0.2, 0.25) is 0 Å². The summed E-state index contributed by atoms with van der Waals surface area (Å²) >= 11 is 0. The molecule has 0 saturated heterocycles. The topological polar surface area (TPSA) is 9.23 Å². The van der Waals surface area contributed by atoms with E-state index in [0.29, 0.717) is 5.92 Å². The summed E-state index contributed by atoms with van der Waals surface area (Å²) in [5.41, 5.74) is 1.23. The fourth-order valence-electron chi connectivity index (χ4n) is 1.09. The summed E-state index contributed by atoms with van der Waals surface area (Å²) in [5.74, 6) is 1.49. The smallest absolute Gasteiger partial charge is 0.119 e. The molecule has 1 heteroatoms. The van der Waals surface area contributed by atoms with Gasteiger partial charge in [0.2, 0.25) is 0 Å². The number of hydrogen-bond donors (Lipinski definition) is 0. The molecular formula is C11H15O. The highest BCUT2D eigenvalue weighted by Crippen LogP contribution is 2.21. The highest BCUT2D eigenvalue weighted by Gasteiger charge is 2.03. The molecule has 0 bridgehead atoms. The summed E-state index contributed by atoms with van der Waals surface area (Å²) in [7, 11) is 1.69. The Morgan fingerprint density at radius 2 is 2.33 bits per heavy atom. The van der Waals surface area contributed by atoms with Crippen molar-refractivity contribution in [3.05, 3.63) is 29.8 Å². The Balaban J connectivity index is 2.86. The van der Waals surface area contributed by atoms with Crippen LogP contribution in [0.5, 0.6) is 5.75 Å². The van der Waals surface area contributed by atoms with E-state index < -0.39 is 0 Å². The maximum Gasteiger partial charge on any atom is 0.119 e. The molecule has 0 fully saturated rings. The van der Waals surface area contributed by atoms with Crippen LogP contribution in [-0.4, -0.2) is 7.11 Å². The van der Waals surface area contributed by atoms with Crippen molar-refractivity contribution in [3.63, 3.8) is 0 Å². The van der Waals surface area contributed by atoms with Gasteiger partial charge in [-0.2, -0.15) is 0 Å². The SMILES string of the molecule is CCC(C)c1[c]ccc(OC)c1. The molecule has 0 saturated carbocycles. The largest absolute Gasteiger partial charge is 0.497 e. The minimum absolute atomic E-state index is 0.570. The quantitative estimate of drug-likeness (QED) is 0.665. The van der Waals surface area contributed by atoms with Crippen molar-refractivity contribution in [2.45, 2.75) is 26.2 Å². The lowest BCUT2D eigenvalue weighted by molar-refractivity contribution is 0.414. The molecule has 0 heterocycles. The van der Waals surface area contributed by atoms with Crippen molar-refractivity contribution < 1.29 is 4.74 Å². The molecule has 0 N–H and O–H groups in total. The van der Waals surface area contributed by atoms with Gasteiger partial charge in [-0.15, -0.1) is 0 Å². The third-order valence-electron chi connectivity index (χ3n) is 2.17. The Morgan fingerprint density at radius 3 is 2.92 bits per heavy atom. The van der Waals surface area contributed by atoms with E-state index in [1.54, 1.807) is 7.11 Å². The average molecular weight is 163 g/mol. The minimum atomic E-state index is 0.570. The lowest BCUT2D eigenvalue weighted by atomic mass is 9.99. The second-order valence-electron chi connectivity index (χ2n) is 2.99.